The Kier molecular flexibility index (Phi) is 17.9. The van der Waals surface area contributed by atoms with Crippen molar-refractivity contribution >= 4 is 46.5 Å². The molecule has 0 saturated carbocycles. The van der Waals surface area contributed by atoms with E-state index in [9.17, 15) is 33.9 Å². The summed E-state index contributed by atoms with van der Waals surface area (Å²) in [5, 5.41) is 22.2. The van der Waals surface area contributed by atoms with Crippen LogP contribution in [0.5, 0.6) is 0 Å². The van der Waals surface area contributed by atoms with E-state index in [1.807, 2.05) is 90.5 Å². The molecule has 1 aromatic carbocycles. The Bertz CT molecular complexity index is 1760. The summed E-state index contributed by atoms with van der Waals surface area (Å²) in [7, 11) is 6.52. The average molecular weight is 798 g/mol. The van der Waals surface area contributed by atoms with Gasteiger partial charge in [0.2, 0.25) is 23.6 Å². The number of fused-ring (bicyclic) bond motifs is 1. The minimum atomic E-state index is -1.41. The summed E-state index contributed by atoms with van der Waals surface area (Å²) in [6.45, 7) is 15.3. The number of carbonyl (C=O) groups excluding carboxylic acids is 5. The third kappa shape index (κ3) is 12.9. The molecule has 2 rings (SSSR count). The second kappa shape index (κ2) is 21.1. The van der Waals surface area contributed by atoms with Gasteiger partial charge in [-0.3, -0.25) is 19.2 Å². The van der Waals surface area contributed by atoms with Gasteiger partial charge in [-0.25, -0.2) is 9.59 Å². The summed E-state index contributed by atoms with van der Waals surface area (Å²) >= 11 is 0. The number of ether oxygens (including phenoxy) is 1. The molecule has 1 heterocycles. The number of rotatable bonds is 21. The number of methoxy groups -OCH3 is 1. The second-order valence-corrected chi connectivity index (χ2v) is 16.8. The summed E-state index contributed by atoms with van der Waals surface area (Å²) in [6, 6.07) is 3.43. The van der Waals surface area contributed by atoms with Crippen LogP contribution in [-0.4, -0.2) is 108 Å². The minimum Gasteiger partial charge on any atom is -0.480 e. The number of aliphatic carboxylic acids is 1. The molecule has 0 unspecified atom stereocenters. The van der Waals surface area contributed by atoms with Crippen molar-refractivity contribution in [3.63, 3.8) is 0 Å². The molecule has 7 N–H and O–H groups in total. The van der Waals surface area contributed by atoms with E-state index in [0.717, 1.165) is 16.5 Å². The van der Waals surface area contributed by atoms with Gasteiger partial charge in [0.05, 0.1) is 19.2 Å². The molecule has 15 nitrogen and oxygen atoms in total. The standard InChI is InChI=1S/C42H67N7O8/c1-25(2)32(23-26(3)36(51)46-29(39(54)55)20-21-33(50)45-30(40(56)57-12)18-15-16-22-43)49(11)38(53)35(41(4,5)6)47-37(52)34(44-9)42(7,8)28-24-48(10)31-19-14-13-17-27(28)31/h13-14,17,19,23-25,29-30,32,34-35,44H,15-16,18,20-22,43H2,1-12H3,(H,45,50)(H,46,51)(H,47,52)(H,54,55)/b26-23+/t29-,30+,32-,34-,35-/m1/s1. The van der Waals surface area contributed by atoms with Crippen molar-refractivity contribution in [3.8, 4) is 0 Å². The van der Waals surface area contributed by atoms with Gasteiger partial charge in [0.15, 0.2) is 0 Å². The van der Waals surface area contributed by atoms with E-state index in [0.29, 0.717) is 25.8 Å². The first kappa shape index (κ1) is 48.4. The Morgan fingerprint density at radius 3 is 2.12 bits per heavy atom. The molecule has 0 aliphatic rings. The van der Waals surface area contributed by atoms with Gasteiger partial charge in [0.25, 0.3) is 0 Å². The maximum absolute atomic E-state index is 14.4. The number of benzene rings is 1. The van der Waals surface area contributed by atoms with Crippen LogP contribution in [0.25, 0.3) is 10.9 Å². The molecular weight excluding hydrogens is 731 g/mol. The molecule has 0 fully saturated rings. The predicted molar refractivity (Wildman–Crippen MR) is 221 cm³/mol. The SMILES string of the molecule is CN[C@H](C(=O)N[C@H](C(=O)N(C)[C@H](/C=C(\C)C(=O)N[C@H](CCC(=O)N[C@@H](CCCCN)C(=O)OC)C(=O)O)C(C)C)C(C)(C)C)C(C)(C)c1cn(C)c2ccccc12. The fourth-order valence-corrected chi connectivity index (χ4v) is 7.09. The Hall–Kier alpha value is -4.76. The van der Waals surface area contributed by atoms with E-state index in [1.165, 1.54) is 18.9 Å². The largest absolute Gasteiger partial charge is 0.480 e. The number of carboxylic acids is 1. The number of para-hydroxylation sites is 1. The number of carbonyl (C=O) groups is 6. The molecule has 4 amide bonds. The van der Waals surface area contributed by atoms with Crippen LogP contribution in [0.2, 0.25) is 0 Å². The predicted octanol–water partition coefficient (Wildman–Crippen LogP) is 3.14. The van der Waals surface area contributed by atoms with Gasteiger partial charge in [-0.15, -0.1) is 0 Å². The van der Waals surface area contributed by atoms with Crippen molar-refractivity contribution in [2.24, 2.45) is 24.1 Å². The first-order valence-electron chi connectivity index (χ1n) is 19.6. The zero-order valence-electron chi connectivity index (χ0n) is 35.9. The second-order valence-electron chi connectivity index (χ2n) is 16.8. The highest BCUT2D eigenvalue weighted by molar-refractivity contribution is 5.96. The van der Waals surface area contributed by atoms with Crippen molar-refractivity contribution < 1.29 is 38.6 Å². The number of nitrogens with two attached hydrogens (primary N) is 1. The molecule has 2 aromatic rings. The number of unbranched alkanes of at least 4 members (excludes halogenated alkanes) is 1. The van der Waals surface area contributed by atoms with Gasteiger partial charge >= 0.3 is 11.9 Å². The molecule has 0 radical (unpaired) electrons. The Labute approximate surface area is 337 Å². The molecule has 0 saturated heterocycles. The van der Waals surface area contributed by atoms with Gasteiger partial charge in [0, 0.05) is 48.6 Å². The molecule has 5 atom stereocenters. The molecule has 0 aliphatic heterocycles. The van der Waals surface area contributed by atoms with Crippen LogP contribution in [0.15, 0.2) is 42.1 Å². The normalized spacial score (nSPS) is 14.9. The Morgan fingerprint density at radius 1 is 0.947 bits per heavy atom. The first-order chi connectivity index (χ1) is 26.5. The van der Waals surface area contributed by atoms with Crippen molar-refractivity contribution in [2.45, 2.75) is 123 Å². The van der Waals surface area contributed by atoms with Crippen LogP contribution in [0.4, 0.5) is 0 Å². The van der Waals surface area contributed by atoms with E-state index in [4.69, 9.17) is 10.5 Å². The molecule has 57 heavy (non-hydrogen) atoms. The van der Waals surface area contributed by atoms with Crippen LogP contribution in [-0.2, 0) is 46.0 Å². The zero-order chi connectivity index (χ0) is 43.4. The smallest absolute Gasteiger partial charge is 0.328 e. The van der Waals surface area contributed by atoms with Gasteiger partial charge in [-0.2, -0.15) is 0 Å². The lowest BCUT2D eigenvalue weighted by atomic mass is 9.76. The van der Waals surface area contributed by atoms with E-state index >= 15 is 0 Å². The van der Waals surface area contributed by atoms with E-state index in [2.05, 4.69) is 21.3 Å². The van der Waals surface area contributed by atoms with Crippen molar-refractivity contribution in [1.82, 2.24) is 30.7 Å². The monoisotopic (exact) mass is 798 g/mol. The highest BCUT2D eigenvalue weighted by Crippen LogP contribution is 2.35. The van der Waals surface area contributed by atoms with Gasteiger partial charge in [-0.05, 0) is 69.2 Å². The first-order valence-corrected chi connectivity index (χ1v) is 19.6. The average Bonchev–Trinajstić information content (AvgIpc) is 3.49. The van der Waals surface area contributed by atoms with Crippen LogP contribution < -0.4 is 27.0 Å². The number of aromatic nitrogens is 1. The third-order valence-electron chi connectivity index (χ3n) is 10.6. The number of nitrogens with one attached hydrogen (secondary N) is 4. The number of esters is 1. The van der Waals surface area contributed by atoms with E-state index < -0.39 is 64.8 Å². The Balaban J connectivity index is 2.26. The van der Waals surface area contributed by atoms with Crippen molar-refractivity contribution in [3.05, 3.63) is 47.7 Å². The Morgan fingerprint density at radius 2 is 1.58 bits per heavy atom. The lowest BCUT2D eigenvalue weighted by Gasteiger charge is -2.39. The molecule has 0 spiro atoms. The van der Waals surface area contributed by atoms with Gasteiger partial charge in [-0.1, -0.05) is 72.7 Å². The number of nitrogens with zero attached hydrogens (tertiary/aromatic N) is 2. The van der Waals surface area contributed by atoms with Crippen LogP contribution in [0.1, 0.15) is 93.1 Å². The summed E-state index contributed by atoms with van der Waals surface area (Å²) < 4.78 is 6.81. The summed E-state index contributed by atoms with van der Waals surface area (Å²) in [5.41, 5.74) is 6.33. The number of aryl methyl sites for hydroxylation is 1. The van der Waals surface area contributed by atoms with E-state index in [1.54, 1.807) is 20.2 Å². The van der Waals surface area contributed by atoms with Crippen LogP contribution >= 0.6 is 0 Å². The van der Waals surface area contributed by atoms with Crippen molar-refractivity contribution in [1.29, 1.82) is 0 Å². The number of hydrogen-bond donors (Lipinski definition) is 6. The maximum Gasteiger partial charge on any atom is 0.328 e. The molecule has 1 aromatic heterocycles. The molecule has 318 valence electrons. The third-order valence-corrected chi connectivity index (χ3v) is 10.6. The number of hydrogen-bond acceptors (Lipinski definition) is 9. The van der Waals surface area contributed by atoms with Gasteiger partial charge < -0.3 is 46.3 Å². The maximum atomic E-state index is 14.4. The zero-order valence-corrected chi connectivity index (χ0v) is 35.9. The number of likely N-dealkylation sites (N-methyl/N-ethyl adjacent to an activating group) is 2. The molecule has 0 aliphatic carbocycles. The number of carboxylic acid groups (broad SMARTS) is 1. The van der Waals surface area contributed by atoms with Crippen LogP contribution in [0, 0.1) is 11.3 Å². The topological polar surface area (TPSA) is 214 Å². The molecule has 0 bridgehead atoms. The van der Waals surface area contributed by atoms with Crippen molar-refractivity contribution in [2.75, 3.05) is 27.7 Å². The summed E-state index contributed by atoms with van der Waals surface area (Å²) in [6.07, 6.45) is 4.68. The quantitative estimate of drug-likeness (QED) is 0.0617. The van der Waals surface area contributed by atoms with E-state index in [-0.39, 0.29) is 36.1 Å². The fourth-order valence-electron chi connectivity index (χ4n) is 7.09. The number of amides is 4. The lowest BCUT2D eigenvalue weighted by Crippen LogP contribution is -2.61. The van der Waals surface area contributed by atoms with Crippen LogP contribution in [0.3, 0.4) is 0 Å². The fraction of sp³-hybridized carbons (Fsp3) is 0.619. The van der Waals surface area contributed by atoms with Gasteiger partial charge in [0.1, 0.15) is 18.1 Å². The summed E-state index contributed by atoms with van der Waals surface area (Å²) in [5.74, 6) is -4.09. The lowest BCUT2D eigenvalue weighted by molar-refractivity contribution is -0.145. The highest BCUT2D eigenvalue weighted by Gasteiger charge is 2.42. The highest BCUT2D eigenvalue weighted by atomic mass is 16.5. The molecular formula is C42H67N7O8. The minimum absolute atomic E-state index is 0.165. The molecule has 15 heteroatoms. The summed E-state index contributed by atoms with van der Waals surface area (Å²) in [4.78, 5) is 80.4.